The predicted octanol–water partition coefficient (Wildman–Crippen LogP) is 2.88. The SMILES string of the molecule is COc1ccc(S(=O)(=O)N2CC3CCCC3C2)cc1Br. The van der Waals surface area contributed by atoms with E-state index in [9.17, 15) is 8.42 Å². The van der Waals surface area contributed by atoms with Gasteiger partial charge < -0.3 is 4.74 Å². The average Bonchev–Trinajstić information content (AvgIpc) is 2.99. The first-order chi connectivity index (χ1) is 9.52. The maximum absolute atomic E-state index is 12.7. The molecule has 2 unspecified atom stereocenters. The number of benzene rings is 1. The van der Waals surface area contributed by atoms with Crippen molar-refractivity contribution in [3.8, 4) is 5.75 Å². The molecule has 6 heteroatoms. The third-order valence-electron chi connectivity index (χ3n) is 4.45. The fourth-order valence-corrected chi connectivity index (χ4v) is 5.62. The highest BCUT2D eigenvalue weighted by atomic mass is 79.9. The summed E-state index contributed by atoms with van der Waals surface area (Å²) in [6.07, 6.45) is 3.59. The van der Waals surface area contributed by atoms with Gasteiger partial charge in [-0.3, -0.25) is 0 Å². The molecule has 1 aliphatic carbocycles. The number of sulfonamides is 1. The smallest absolute Gasteiger partial charge is 0.243 e. The van der Waals surface area contributed by atoms with Crippen molar-refractivity contribution >= 4 is 26.0 Å². The van der Waals surface area contributed by atoms with E-state index in [0.717, 1.165) is 0 Å². The summed E-state index contributed by atoms with van der Waals surface area (Å²) in [4.78, 5) is 0.338. The molecule has 110 valence electrons. The van der Waals surface area contributed by atoms with Crippen LogP contribution in [0.5, 0.6) is 5.75 Å². The average molecular weight is 360 g/mol. The van der Waals surface area contributed by atoms with E-state index in [0.29, 0.717) is 40.0 Å². The topological polar surface area (TPSA) is 46.6 Å². The monoisotopic (exact) mass is 359 g/mol. The van der Waals surface area contributed by atoms with Crippen molar-refractivity contribution in [2.45, 2.75) is 24.2 Å². The van der Waals surface area contributed by atoms with Gasteiger partial charge in [-0.05, 0) is 58.8 Å². The summed E-state index contributed by atoms with van der Waals surface area (Å²) in [5, 5.41) is 0. The van der Waals surface area contributed by atoms with Gasteiger partial charge in [-0.25, -0.2) is 8.42 Å². The Hall–Kier alpha value is -0.590. The molecule has 1 aliphatic heterocycles. The van der Waals surface area contributed by atoms with Crippen molar-refractivity contribution in [2.75, 3.05) is 20.2 Å². The Kier molecular flexibility index (Phi) is 3.81. The Morgan fingerprint density at radius 3 is 2.45 bits per heavy atom. The Bertz CT molecular complexity index is 605. The molecule has 3 rings (SSSR count). The molecule has 0 bridgehead atoms. The van der Waals surface area contributed by atoms with Gasteiger partial charge in [0, 0.05) is 13.1 Å². The lowest BCUT2D eigenvalue weighted by molar-refractivity contribution is 0.411. The summed E-state index contributed by atoms with van der Waals surface area (Å²) >= 11 is 3.35. The van der Waals surface area contributed by atoms with Gasteiger partial charge in [0.05, 0.1) is 16.5 Å². The highest BCUT2D eigenvalue weighted by Crippen LogP contribution is 2.40. The number of methoxy groups -OCH3 is 1. The van der Waals surface area contributed by atoms with Gasteiger partial charge in [0.25, 0.3) is 0 Å². The molecule has 0 N–H and O–H groups in total. The highest BCUT2D eigenvalue weighted by molar-refractivity contribution is 9.10. The zero-order valence-corrected chi connectivity index (χ0v) is 13.8. The van der Waals surface area contributed by atoms with E-state index in [4.69, 9.17) is 4.74 Å². The number of nitrogens with zero attached hydrogens (tertiary/aromatic N) is 1. The van der Waals surface area contributed by atoms with Crippen LogP contribution in [-0.2, 0) is 10.0 Å². The summed E-state index contributed by atoms with van der Waals surface area (Å²) in [6.45, 7) is 1.35. The molecule has 1 heterocycles. The van der Waals surface area contributed by atoms with E-state index in [1.165, 1.54) is 19.3 Å². The Morgan fingerprint density at radius 1 is 1.25 bits per heavy atom. The van der Waals surface area contributed by atoms with E-state index in [2.05, 4.69) is 15.9 Å². The van der Waals surface area contributed by atoms with Gasteiger partial charge >= 0.3 is 0 Å². The molecule has 1 aromatic carbocycles. The summed E-state index contributed by atoms with van der Waals surface area (Å²) in [5.41, 5.74) is 0. The zero-order valence-electron chi connectivity index (χ0n) is 11.4. The molecule has 0 radical (unpaired) electrons. The van der Waals surface area contributed by atoms with Gasteiger partial charge in [-0.1, -0.05) is 6.42 Å². The second-order valence-corrected chi connectivity index (χ2v) is 8.36. The van der Waals surface area contributed by atoms with E-state index >= 15 is 0 Å². The van der Waals surface area contributed by atoms with Crippen LogP contribution < -0.4 is 4.74 Å². The van der Waals surface area contributed by atoms with Crippen LogP contribution in [0.4, 0.5) is 0 Å². The van der Waals surface area contributed by atoms with Crippen molar-refractivity contribution in [1.29, 1.82) is 0 Å². The summed E-state index contributed by atoms with van der Waals surface area (Å²) in [7, 11) is -1.82. The number of ether oxygens (including phenoxy) is 1. The summed E-state index contributed by atoms with van der Waals surface area (Å²) in [5.74, 6) is 1.76. The number of hydrogen-bond donors (Lipinski definition) is 0. The molecule has 0 amide bonds. The Balaban J connectivity index is 1.87. The van der Waals surface area contributed by atoms with Crippen molar-refractivity contribution in [3.63, 3.8) is 0 Å². The molecule has 1 saturated carbocycles. The molecule has 20 heavy (non-hydrogen) atoms. The van der Waals surface area contributed by atoms with E-state index in [1.54, 1.807) is 29.6 Å². The largest absolute Gasteiger partial charge is 0.496 e. The lowest BCUT2D eigenvalue weighted by Crippen LogP contribution is -2.29. The minimum absolute atomic E-state index is 0.338. The van der Waals surface area contributed by atoms with Crippen molar-refractivity contribution in [1.82, 2.24) is 4.31 Å². The van der Waals surface area contributed by atoms with Crippen LogP contribution in [-0.4, -0.2) is 32.9 Å². The second-order valence-electron chi connectivity index (χ2n) is 5.57. The van der Waals surface area contributed by atoms with Gasteiger partial charge in [0.15, 0.2) is 0 Å². The van der Waals surface area contributed by atoms with Gasteiger partial charge in [-0.15, -0.1) is 0 Å². The number of halogens is 1. The Labute approximate surface area is 128 Å². The number of rotatable bonds is 3. The zero-order chi connectivity index (χ0) is 14.3. The first-order valence-electron chi connectivity index (χ1n) is 6.86. The number of hydrogen-bond acceptors (Lipinski definition) is 3. The van der Waals surface area contributed by atoms with Crippen molar-refractivity contribution in [2.24, 2.45) is 11.8 Å². The first kappa shape index (κ1) is 14.4. The van der Waals surface area contributed by atoms with Crippen LogP contribution in [0.1, 0.15) is 19.3 Å². The summed E-state index contributed by atoms with van der Waals surface area (Å²) in [6, 6.07) is 4.93. The van der Waals surface area contributed by atoms with Crippen molar-refractivity contribution < 1.29 is 13.2 Å². The molecule has 1 aromatic rings. The molecule has 4 nitrogen and oxygen atoms in total. The molecular weight excluding hydrogens is 342 g/mol. The van der Waals surface area contributed by atoms with E-state index < -0.39 is 10.0 Å². The summed E-state index contributed by atoms with van der Waals surface area (Å²) < 4.78 is 32.8. The third kappa shape index (κ3) is 2.38. The fourth-order valence-electron chi connectivity index (χ4n) is 3.34. The highest BCUT2D eigenvalue weighted by Gasteiger charge is 2.41. The lowest BCUT2D eigenvalue weighted by Gasteiger charge is -2.18. The number of fused-ring (bicyclic) bond motifs is 1. The fraction of sp³-hybridized carbons (Fsp3) is 0.571. The lowest BCUT2D eigenvalue weighted by atomic mass is 10.0. The van der Waals surface area contributed by atoms with Crippen LogP contribution in [0.2, 0.25) is 0 Å². The van der Waals surface area contributed by atoms with Crippen LogP contribution in [0.3, 0.4) is 0 Å². The molecule has 2 atom stereocenters. The van der Waals surface area contributed by atoms with E-state index in [-0.39, 0.29) is 0 Å². The normalized spacial score (nSPS) is 26.7. The maximum atomic E-state index is 12.7. The predicted molar refractivity (Wildman–Crippen MR) is 80.3 cm³/mol. The molecule has 2 fully saturated rings. The van der Waals surface area contributed by atoms with E-state index in [1.807, 2.05) is 0 Å². The van der Waals surface area contributed by atoms with Gasteiger partial charge in [-0.2, -0.15) is 4.31 Å². The standard InChI is InChI=1S/C14H18BrNO3S/c1-19-14-6-5-12(7-13(14)15)20(17,18)16-8-10-3-2-4-11(10)9-16/h5-7,10-11H,2-4,8-9H2,1H3. The van der Waals surface area contributed by atoms with Crippen LogP contribution in [0.25, 0.3) is 0 Å². The third-order valence-corrected chi connectivity index (χ3v) is 6.90. The van der Waals surface area contributed by atoms with Crippen molar-refractivity contribution in [3.05, 3.63) is 22.7 Å². The quantitative estimate of drug-likeness (QED) is 0.833. The maximum Gasteiger partial charge on any atom is 0.243 e. The van der Waals surface area contributed by atoms with Gasteiger partial charge in [0.2, 0.25) is 10.0 Å². The van der Waals surface area contributed by atoms with Crippen LogP contribution in [0.15, 0.2) is 27.6 Å². The minimum atomic E-state index is -3.38. The Morgan fingerprint density at radius 2 is 1.90 bits per heavy atom. The first-order valence-corrected chi connectivity index (χ1v) is 9.09. The molecule has 0 spiro atoms. The molecule has 0 aromatic heterocycles. The molecular formula is C14H18BrNO3S. The molecule has 1 saturated heterocycles. The van der Waals surface area contributed by atoms with Crippen LogP contribution >= 0.6 is 15.9 Å². The minimum Gasteiger partial charge on any atom is -0.496 e. The second kappa shape index (κ2) is 5.31. The molecule has 2 aliphatic rings. The van der Waals surface area contributed by atoms with Crippen LogP contribution in [0, 0.1) is 11.8 Å². The van der Waals surface area contributed by atoms with Gasteiger partial charge in [0.1, 0.15) is 5.75 Å².